The summed E-state index contributed by atoms with van der Waals surface area (Å²) in [5, 5.41) is 6.18. The number of carbonyl (C=O) groups excluding carboxylic acids is 1. The van der Waals surface area contributed by atoms with Gasteiger partial charge in [0.1, 0.15) is 17.7 Å². The zero-order valence-corrected chi connectivity index (χ0v) is 19.7. The van der Waals surface area contributed by atoms with Crippen LogP contribution in [0.4, 0.5) is 19.3 Å². The number of hydrogen-bond acceptors (Lipinski definition) is 6. The number of piperidine rings is 2. The Labute approximate surface area is 196 Å². The Balaban J connectivity index is 1.27. The predicted octanol–water partition coefficient (Wildman–Crippen LogP) is 5.68. The summed E-state index contributed by atoms with van der Waals surface area (Å²) in [7, 11) is 0. The van der Waals surface area contributed by atoms with E-state index in [2.05, 4.69) is 5.16 Å². The molecule has 178 valence electrons. The van der Waals surface area contributed by atoms with E-state index in [0.717, 1.165) is 5.71 Å². The number of carbonyl (C=O) groups is 1. The lowest BCUT2D eigenvalue weighted by Gasteiger charge is -2.32. The zero-order chi connectivity index (χ0) is 23.4. The van der Waals surface area contributed by atoms with Crippen LogP contribution in [0, 0.1) is 11.6 Å². The van der Waals surface area contributed by atoms with Crippen LogP contribution < -0.4 is 4.90 Å². The van der Waals surface area contributed by atoms with E-state index in [0.29, 0.717) is 62.3 Å². The van der Waals surface area contributed by atoms with Gasteiger partial charge in [0.25, 0.3) is 0 Å². The minimum absolute atomic E-state index is 0.0324. The number of thiophene rings is 1. The molecule has 0 N–H and O–H groups in total. The summed E-state index contributed by atoms with van der Waals surface area (Å²) in [6.07, 6.45) is 2.23. The van der Waals surface area contributed by atoms with Crippen molar-refractivity contribution < 1.29 is 23.1 Å². The molecular weight excluding hydrogens is 448 g/mol. The van der Waals surface area contributed by atoms with Gasteiger partial charge < -0.3 is 19.4 Å². The fourth-order valence-corrected chi connectivity index (χ4v) is 4.81. The van der Waals surface area contributed by atoms with E-state index in [4.69, 9.17) is 9.57 Å². The first-order chi connectivity index (χ1) is 15.9. The molecule has 0 atom stereocenters. The van der Waals surface area contributed by atoms with E-state index in [-0.39, 0.29) is 24.0 Å². The zero-order valence-electron chi connectivity index (χ0n) is 18.9. The molecule has 3 heterocycles. The molecule has 9 heteroatoms. The number of amides is 1. The first-order valence-electron chi connectivity index (χ1n) is 11.4. The minimum atomic E-state index is -0.417. The average molecular weight is 478 g/mol. The molecule has 0 radical (unpaired) electrons. The summed E-state index contributed by atoms with van der Waals surface area (Å²) in [4.78, 5) is 22.0. The van der Waals surface area contributed by atoms with Crippen molar-refractivity contribution in [1.29, 1.82) is 0 Å². The monoisotopic (exact) mass is 477 g/mol. The summed E-state index contributed by atoms with van der Waals surface area (Å²) >= 11 is 1.39. The average Bonchev–Trinajstić information content (AvgIpc) is 3.34. The maximum Gasteiger partial charge on any atom is 0.410 e. The minimum Gasteiger partial charge on any atom is -0.447 e. The van der Waals surface area contributed by atoms with Crippen LogP contribution >= 0.6 is 11.3 Å². The van der Waals surface area contributed by atoms with Crippen LogP contribution in [-0.4, -0.2) is 55.1 Å². The highest BCUT2D eigenvalue weighted by Gasteiger charge is 2.26. The Morgan fingerprint density at radius 3 is 2.48 bits per heavy atom. The van der Waals surface area contributed by atoms with Crippen LogP contribution in [0.1, 0.15) is 39.5 Å². The van der Waals surface area contributed by atoms with E-state index >= 15 is 0 Å². The number of halogens is 2. The van der Waals surface area contributed by atoms with Crippen LogP contribution in [0.2, 0.25) is 0 Å². The Hall–Kier alpha value is -2.68. The third-order valence-electron chi connectivity index (χ3n) is 5.87. The van der Waals surface area contributed by atoms with E-state index in [1.807, 2.05) is 30.2 Å². The topological polar surface area (TPSA) is 54.4 Å². The second-order valence-electron chi connectivity index (χ2n) is 8.63. The second-order valence-corrected chi connectivity index (χ2v) is 9.58. The van der Waals surface area contributed by atoms with Crippen LogP contribution in [0.25, 0.3) is 10.4 Å². The molecule has 1 aromatic carbocycles. The summed E-state index contributed by atoms with van der Waals surface area (Å²) in [5.74, 6) is -0.834. The summed E-state index contributed by atoms with van der Waals surface area (Å²) in [6.45, 7) is 5.94. The van der Waals surface area contributed by atoms with Gasteiger partial charge in [0.15, 0.2) is 0 Å². The number of ether oxygens (including phenoxy) is 1. The fraction of sp³-hybridized carbons (Fsp3) is 0.500. The van der Waals surface area contributed by atoms with Crippen LogP contribution in [0.5, 0.6) is 0 Å². The number of likely N-dealkylation sites (tertiary alicyclic amines) is 1. The van der Waals surface area contributed by atoms with Gasteiger partial charge in [-0.2, -0.15) is 0 Å². The van der Waals surface area contributed by atoms with E-state index in [9.17, 15) is 13.6 Å². The quantitative estimate of drug-likeness (QED) is 0.521. The molecule has 0 bridgehead atoms. The van der Waals surface area contributed by atoms with Gasteiger partial charge in [-0.15, -0.1) is 11.3 Å². The normalized spacial score (nSPS) is 17.4. The third-order valence-corrected chi connectivity index (χ3v) is 6.78. The SMILES string of the molecule is CC(C)OC(=O)N1CCC(ON=C2CCN(c3cc(F)c(-c4cccs4)cc3F)CC2)CC1. The van der Waals surface area contributed by atoms with Crippen molar-refractivity contribution in [2.24, 2.45) is 5.16 Å². The van der Waals surface area contributed by atoms with Crippen molar-refractivity contribution >= 4 is 28.8 Å². The van der Waals surface area contributed by atoms with Gasteiger partial charge in [-0.3, -0.25) is 0 Å². The molecule has 0 spiro atoms. The number of oxime groups is 1. The molecule has 6 nitrogen and oxygen atoms in total. The molecule has 33 heavy (non-hydrogen) atoms. The molecule has 2 saturated heterocycles. The molecule has 2 aliphatic heterocycles. The Kier molecular flexibility index (Phi) is 7.47. The third kappa shape index (κ3) is 5.82. The number of nitrogens with zero attached hydrogens (tertiary/aromatic N) is 3. The molecule has 0 aliphatic carbocycles. The highest BCUT2D eigenvalue weighted by molar-refractivity contribution is 7.13. The lowest BCUT2D eigenvalue weighted by atomic mass is 10.1. The fourth-order valence-electron chi connectivity index (χ4n) is 4.07. The number of rotatable bonds is 5. The summed E-state index contributed by atoms with van der Waals surface area (Å²) in [6, 6.07) is 6.18. The highest BCUT2D eigenvalue weighted by atomic mass is 32.1. The van der Waals surface area contributed by atoms with E-state index in [1.54, 1.807) is 11.0 Å². The van der Waals surface area contributed by atoms with Crippen molar-refractivity contribution in [2.75, 3.05) is 31.1 Å². The summed E-state index contributed by atoms with van der Waals surface area (Å²) in [5.41, 5.74) is 1.50. The molecule has 1 aromatic heterocycles. The molecule has 0 unspecified atom stereocenters. The Bertz CT molecular complexity index is 979. The van der Waals surface area contributed by atoms with Crippen molar-refractivity contribution in [3.05, 3.63) is 41.3 Å². The molecular formula is C24H29F2N3O3S. The molecule has 2 aromatic rings. The van der Waals surface area contributed by atoms with Gasteiger partial charge in [-0.05, 0) is 31.4 Å². The summed E-state index contributed by atoms with van der Waals surface area (Å²) < 4.78 is 34.6. The molecule has 1 amide bonds. The predicted molar refractivity (Wildman–Crippen MR) is 126 cm³/mol. The largest absolute Gasteiger partial charge is 0.447 e. The van der Waals surface area contributed by atoms with E-state index in [1.165, 1.54) is 23.5 Å². The lowest BCUT2D eigenvalue weighted by Crippen LogP contribution is -2.41. The van der Waals surface area contributed by atoms with Gasteiger partial charge >= 0.3 is 6.09 Å². The smallest absolute Gasteiger partial charge is 0.410 e. The number of hydrogen-bond donors (Lipinski definition) is 0. The van der Waals surface area contributed by atoms with Gasteiger partial charge in [0, 0.05) is 68.4 Å². The van der Waals surface area contributed by atoms with Crippen molar-refractivity contribution in [3.8, 4) is 10.4 Å². The van der Waals surface area contributed by atoms with Crippen LogP contribution in [0.15, 0.2) is 34.8 Å². The van der Waals surface area contributed by atoms with E-state index < -0.39 is 11.6 Å². The molecule has 2 fully saturated rings. The lowest BCUT2D eigenvalue weighted by molar-refractivity contribution is 0.00415. The van der Waals surface area contributed by atoms with Crippen molar-refractivity contribution in [1.82, 2.24) is 4.90 Å². The Morgan fingerprint density at radius 2 is 1.85 bits per heavy atom. The molecule has 4 rings (SSSR count). The Morgan fingerprint density at radius 1 is 1.12 bits per heavy atom. The van der Waals surface area contributed by atoms with Crippen molar-refractivity contribution in [3.63, 3.8) is 0 Å². The van der Waals surface area contributed by atoms with Gasteiger partial charge in [-0.1, -0.05) is 11.2 Å². The molecule has 0 saturated carbocycles. The highest BCUT2D eigenvalue weighted by Crippen LogP contribution is 2.33. The molecule has 2 aliphatic rings. The van der Waals surface area contributed by atoms with Gasteiger partial charge in [0.2, 0.25) is 0 Å². The first-order valence-corrected chi connectivity index (χ1v) is 12.2. The first kappa shape index (κ1) is 23.5. The van der Waals surface area contributed by atoms with Gasteiger partial charge in [0.05, 0.1) is 17.5 Å². The number of anilines is 1. The standard InChI is InChI=1S/C24H29F2N3O3S/c1-16(2)31-24(30)29-11-7-18(8-12-29)32-27-17-5-9-28(10-6-17)22-15-20(25)19(14-21(22)26)23-4-3-13-33-23/h3-4,13-16,18H,5-12H2,1-2H3. The maximum atomic E-state index is 14.8. The van der Waals surface area contributed by atoms with Gasteiger partial charge in [-0.25, -0.2) is 13.6 Å². The second kappa shape index (κ2) is 10.5. The maximum absolute atomic E-state index is 14.8. The van der Waals surface area contributed by atoms with Crippen molar-refractivity contribution in [2.45, 2.75) is 51.7 Å². The van der Waals surface area contributed by atoms with Crippen LogP contribution in [-0.2, 0) is 9.57 Å². The number of benzene rings is 1. The van der Waals surface area contributed by atoms with Crippen LogP contribution in [0.3, 0.4) is 0 Å².